The van der Waals surface area contributed by atoms with E-state index < -0.39 is 0 Å². The molecule has 90 valence electrons. The van der Waals surface area contributed by atoms with Gasteiger partial charge in [0, 0.05) is 38.4 Å². The first-order valence-electron chi connectivity index (χ1n) is 6.01. The highest BCUT2D eigenvalue weighted by molar-refractivity contribution is 5.83. The van der Waals surface area contributed by atoms with Gasteiger partial charge in [-0.3, -0.25) is 14.7 Å². The van der Waals surface area contributed by atoms with Gasteiger partial charge >= 0.3 is 0 Å². The Morgan fingerprint density at radius 2 is 2.29 bits per heavy atom. The molecule has 5 nitrogen and oxygen atoms in total. The number of amides is 1. The van der Waals surface area contributed by atoms with Crippen LogP contribution >= 0.6 is 0 Å². The molecule has 2 unspecified atom stereocenters. The van der Waals surface area contributed by atoms with E-state index in [9.17, 15) is 4.79 Å². The Labute approximate surface area is 100 Å². The van der Waals surface area contributed by atoms with Crippen LogP contribution in [-0.2, 0) is 4.79 Å². The van der Waals surface area contributed by atoms with E-state index in [4.69, 9.17) is 0 Å². The van der Waals surface area contributed by atoms with Crippen LogP contribution < -0.4 is 10.6 Å². The molecule has 2 saturated heterocycles. The molecule has 1 amide bonds. The molecule has 0 radical (unpaired) electrons. The van der Waals surface area contributed by atoms with Gasteiger partial charge in [0.25, 0.3) is 0 Å². The van der Waals surface area contributed by atoms with Crippen LogP contribution in [0, 0.1) is 0 Å². The average Bonchev–Trinajstić information content (AvgIpc) is 2.39. The van der Waals surface area contributed by atoms with Crippen LogP contribution in [0.4, 0.5) is 0 Å². The van der Waals surface area contributed by atoms with Crippen LogP contribution in [0.15, 0.2) is 24.4 Å². The van der Waals surface area contributed by atoms with Gasteiger partial charge in [0.15, 0.2) is 0 Å². The average molecular weight is 232 g/mol. The second kappa shape index (κ2) is 4.43. The fourth-order valence-electron chi connectivity index (χ4n) is 2.61. The van der Waals surface area contributed by atoms with Crippen LogP contribution in [0.25, 0.3) is 0 Å². The highest BCUT2D eigenvalue weighted by Gasteiger charge is 2.38. The number of aromatic nitrogens is 1. The number of carbonyl (C=O) groups is 1. The zero-order valence-electron chi connectivity index (χ0n) is 9.60. The van der Waals surface area contributed by atoms with E-state index in [0.717, 1.165) is 31.9 Å². The quantitative estimate of drug-likeness (QED) is 0.687. The lowest BCUT2D eigenvalue weighted by molar-refractivity contribution is -0.132. The van der Waals surface area contributed by atoms with Gasteiger partial charge in [0.05, 0.1) is 5.69 Å². The molecule has 0 saturated carbocycles. The molecule has 0 aromatic carbocycles. The Morgan fingerprint density at radius 1 is 1.35 bits per heavy atom. The van der Waals surface area contributed by atoms with Crippen LogP contribution in [0.3, 0.4) is 0 Å². The summed E-state index contributed by atoms with van der Waals surface area (Å²) in [7, 11) is 0. The number of pyridine rings is 1. The molecule has 1 aromatic heterocycles. The monoisotopic (exact) mass is 232 g/mol. The van der Waals surface area contributed by atoms with Crippen LogP contribution in [0.2, 0.25) is 0 Å². The first kappa shape index (κ1) is 10.7. The Hall–Kier alpha value is -1.46. The Balaban J connectivity index is 1.91. The third kappa shape index (κ3) is 1.92. The van der Waals surface area contributed by atoms with Crippen molar-refractivity contribution in [3.05, 3.63) is 30.1 Å². The number of piperazine rings is 2. The van der Waals surface area contributed by atoms with Crippen molar-refractivity contribution in [1.82, 2.24) is 20.5 Å². The van der Waals surface area contributed by atoms with E-state index in [0.29, 0.717) is 6.04 Å². The van der Waals surface area contributed by atoms with Gasteiger partial charge < -0.3 is 10.6 Å². The number of nitrogens with zero attached hydrogens (tertiary/aromatic N) is 2. The van der Waals surface area contributed by atoms with E-state index >= 15 is 0 Å². The van der Waals surface area contributed by atoms with E-state index in [1.807, 2.05) is 18.2 Å². The van der Waals surface area contributed by atoms with Crippen LogP contribution in [0.5, 0.6) is 0 Å². The van der Waals surface area contributed by atoms with Gasteiger partial charge in [-0.15, -0.1) is 0 Å². The summed E-state index contributed by atoms with van der Waals surface area (Å²) in [5.74, 6) is 0.0712. The Morgan fingerprint density at radius 3 is 3.12 bits per heavy atom. The molecule has 5 heteroatoms. The van der Waals surface area contributed by atoms with E-state index in [-0.39, 0.29) is 11.9 Å². The number of fused-ring (bicyclic) bond motifs is 1. The summed E-state index contributed by atoms with van der Waals surface area (Å²) in [5, 5.41) is 6.33. The standard InChI is InChI=1S/C12H16N4O/c17-12-11(10-3-1-2-4-14-10)16-6-5-13-7-9(16)8-15-12/h1-4,9,11,13H,5-8H2,(H,15,17). The summed E-state index contributed by atoms with van der Waals surface area (Å²) < 4.78 is 0. The van der Waals surface area contributed by atoms with E-state index in [1.165, 1.54) is 0 Å². The number of nitrogens with one attached hydrogen (secondary N) is 2. The molecule has 2 N–H and O–H groups in total. The van der Waals surface area contributed by atoms with Gasteiger partial charge in [-0.1, -0.05) is 6.07 Å². The molecule has 0 bridgehead atoms. The fraction of sp³-hybridized carbons (Fsp3) is 0.500. The largest absolute Gasteiger partial charge is 0.353 e. The van der Waals surface area contributed by atoms with Crippen molar-refractivity contribution >= 4 is 5.91 Å². The topological polar surface area (TPSA) is 57.3 Å². The highest BCUT2D eigenvalue weighted by atomic mass is 16.2. The SMILES string of the molecule is O=C1NCC2CNCCN2C1c1ccccn1. The lowest BCUT2D eigenvalue weighted by Gasteiger charge is -2.44. The molecule has 1 aromatic rings. The molecule has 0 aliphatic carbocycles. The number of carbonyl (C=O) groups excluding carboxylic acids is 1. The van der Waals surface area contributed by atoms with Crippen molar-refractivity contribution in [3.63, 3.8) is 0 Å². The molecule has 2 fully saturated rings. The minimum Gasteiger partial charge on any atom is -0.353 e. The second-order valence-corrected chi connectivity index (χ2v) is 4.50. The lowest BCUT2D eigenvalue weighted by Crippen LogP contribution is -2.63. The summed E-state index contributed by atoms with van der Waals surface area (Å²) in [5.41, 5.74) is 0.844. The Kier molecular flexibility index (Phi) is 2.78. The molecule has 3 rings (SSSR count). The summed E-state index contributed by atoms with van der Waals surface area (Å²) in [4.78, 5) is 18.6. The van der Waals surface area contributed by atoms with Crippen molar-refractivity contribution in [3.8, 4) is 0 Å². The minimum atomic E-state index is -0.225. The Bertz CT molecular complexity index is 408. The van der Waals surface area contributed by atoms with Crippen molar-refractivity contribution in [1.29, 1.82) is 0 Å². The summed E-state index contributed by atoms with van der Waals surface area (Å²) in [6.45, 7) is 3.51. The third-order valence-electron chi connectivity index (χ3n) is 3.46. The van der Waals surface area contributed by atoms with Crippen LogP contribution in [0.1, 0.15) is 11.7 Å². The predicted octanol–water partition coefficient (Wildman–Crippen LogP) is -0.474. The maximum atomic E-state index is 12.0. The minimum absolute atomic E-state index is 0.0712. The molecule has 2 aliphatic rings. The summed E-state index contributed by atoms with van der Waals surface area (Å²) in [6, 6.07) is 5.89. The third-order valence-corrected chi connectivity index (χ3v) is 3.46. The molecule has 0 spiro atoms. The van der Waals surface area contributed by atoms with Crippen molar-refractivity contribution in [2.24, 2.45) is 0 Å². The number of rotatable bonds is 1. The summed E-state index contributed by atoms with van der Waals surface area (Å²) >= 11 is 0. The van der Waals surface area contributed by atoms with Gasteiger partial charge in [-0.2, -0.15) is 0 Å². The molecule has 17 heavy (non-hydrogen) atoms. The van der Waals surface area contributed by atoms with Crippen molar-refractivity contribution in [2.45, 2.75) is 12.1 Å². The van der Waals surface area contributed by atoms with E-state index in [1.54, 1.807) is 6.20 Å². The molecular formula is C12H16N4O. The molecular weight excluding hydrogens is 216 g/mol. The number of hydrogen-bond acceptors (Lipinski definition) is 4. The second-order valence-electron chi connectivity index (χ2n) is 4.50. The lowest BCUT2D eigenvalue weighted by atomic mass is 10.0. The van der Waals surface area contributed by atoms with Gasteiger partial charge in [0.2, 0.25) is 5.91 Å². The first-order chi connectivity index (χ1) is 8.36. The van der Waals surface area contributed by atoms with E-state index in [2.05, 4.69) is 20.5 Å². The van der Waals surface area contributed by atoms with Gasteiger partial charge in [-0.25, -0.2) is 0 Å². The zero-order chi connectivity index (χ0) is 11.7. The highest BCUT2D eigenvalue weighted by Crippen LogP contribution is 2.25. The fourth-order valence-corrected chi connectivity index (χ4v) is 2.61. The molecule has 2 aliphatic heterocycles. The molecule has 3 heterocycles. The van der Waals surface area contributed by atoms with Crippen molar-refractivity contribution < 1.29 is 4.79 Å². The van der Waals surface area contributed by atoms with Gasteiger partial charge in [0.1, 0.15) is 6.04 Å². The van der Waals surface area contributed by atoms with Crippen LogP contribution in [-0.4, -0.2) is 48.0 Å². The van der Waals surface area contributed by atoms with Gasteiger partial charge in [-0.05, 0) is 12.1 Å². The first-order valence-corrected chi connectivity index (χ1v) is 6.01. The normalized spacial score (nSPS) is 29.5. The predicted molar refractivity (Wildman–Crippen MR) is 63.4 cm³/mol. The molecule has 2 atom stereocenters. The van der Waals surface area contributed by atoms with Crippen molar-refractivity contribution in [2.75, 3.05) is 26.2 Å². The number of hydrogen-bond donors (Lipinski definition) is 2. The smallest absolute Gasteiger partial charge is 0.243 e. The maximum Gasteiger partial charge on any atom is 0.243 e. The zero-order valence-corrected chi connectivity index (χ0v) is 9.60. The maximum absolute atomic E-state index is 12.0. The summed E-state index contributed by atoms with van der Waals surface area (Å²) in [6.07, 6.45) is 1.74.